The molecule has 0 aliphatic heterocycles. The molecule has 0 aromatic carbocycles. The molecule has 0 spiro atoms. The fourth-order valence-corrected chi connectivity index (χ4v) is 2.46. The van der Waals surface area contributed by atoms with Crippen LogP contribution in [0, 0.1) is 5.92 Å². The van der Waals surface area contributed by atoms with Crippen LogP contribution in [0.3, 0.4) is 0 Å². The first kappa shape index (κ1) is 12.0. The van der Waals surface area contributed by atoms with Crippen LogP contribution in [0.15, 0.2) is 0 Å². The molecule has 0 amide bonds. The Balaban J connectivity index is 2.13. The summed E-state index contributed by atoms with van der Waals surface area (Å²) in [5.41, 5.74) is 0. The lowest BCUT2D eigenvalue weighted by molar-refractivity contribution is 0.355. The summed E-state index contributed by atoms with van der Waals surface area (Å²) in [5.74, 6) is 0.902. The summed E-state index contributed by atoms with van der Waals surface area (Å²) in [5, 5.41) is 3.75. The van der Waals surface area contributed by atoms with E-state index in [-0.39, 0.29) is 0 Å². The Morgan fingerprint density at radius 2 is 1.86 bits per heavy atom. The first-order valence-corrected chi connectivity index (χ1v) is 6.58. The van der Waals surface area contributed by atoms with E-state index in [1.165, 1.54) is 57.9 Å². The minimum absolute atomic E-state index is 0.814. The van der Waals surface area contributed by atoms with Crippen molar-refractivity contribution in [2.24, 2.45) is 5.92 Å². The average Bonchev–Trinajstić information content (AvgIpc) is 2.39. The molecule has 1 saturated carbocycles. The van der Waals surface area contributed by atoms with Gasteiger partial charge in [0.2, 0.25) is 0 Å². The highest BCUT2D eigenvalue weighted by molar-refractivity contribution is 4.76. The molecule has 1 aliphatic rings. The number of hydrogen-bond acceptors (Lipinski definition) is 1. The van der Waals surface area contributed by atoms with Gasteiger partial charge in [-0.15, -0.1) is 0 Å². The number of rotatable bonds is 5. The van der Waals surface area contributed by atoms with E-state index < -0.39 is 0 Å². The Bertz CT molecular complexity index is 133. The van der Waals surface area contributed by atoms with Gasteiger partial charge in [0, 0.05) is 6.04 Å². The lowest BCUT2D eigenvalue weighted by Gasteiger charge is -2.22. The lowest BCUT2D eigenvalue weighted by atomic mass is 9.97. The number of hydrogen-bond donors (Lipinski definition) is 1. The van der Waals surface area contributed by atoms with Crippen LogP contribution in [-0.2, 0) is 0 Å². The van der Waals surface area contributed by atoms with Gasteiger partial charge in [-0.3, -0.25) is 0 Å². The van der Waals surface area contributed by atoms with Gasteiger partial charge < -0.3 is 5.32 Å². The van der Waals surface area contributed by atoms with Crippen molar-refractivity contribution in [3.8, 4) is 0 Å². The molecule has 0 saturated heterocycles. The molecule has 2 unspecified atom stereocenters. The molecule has 1 aliphatic carbocycles. The second-order valence-corrected chi connectivity index (χ2v) is 4.88. The minimum Gasteiger partial charge on any atom is -0.314 e. The second kappa shape index (κ2) is 7.28. The van der Waals surface area contributed by atoms with E-state index in [2.05, 4.69) is 19.2 Å². The van der Waals surface area contributed by atoms with Crippen molar-refractivity contribution in [1.82, 2.24) is 5.32 Å². The summed E-state index contributed by atoms with van der Waals surface area (Å²) >= 11 is 0. The molecular formula is C13H27N. The first-order chi connectivity index (χ1) is 6.84. The van der Waals surface area contributed by atoms with E-state index >= 15 is 0 Å². The smallest absolute Gasteiger partial charge is 0.00926 e. The van der Waals surface area contributed by atoms with Gasteiger partial charge in [-0.1, -0.05) is 46.0 Å². The van der Waals surface area contributed by atoms with Crippen molar-refractivity contribution in [1.29, 1.82) is 0 Å². The molecule has 1 nitrogen and oxygen atoms in total. The maximum Gasteiger partial charge on any atom is 0.00926 e. The van der Waals surface area contributed by atoms with E-state index in [4.69, 9.17) is 0 Å². The minimum atomic E-state index is 0.814. The van der Waals surface area contributed by atoms with Crippen LogP contribution in [0.1, 0.15) is 65.2 Å². The van der Waals surface area contributed by atoms with E-state index in [1.54, 1.807) is 0 Å². The van der Waals surface area contributed by atoms with Crippen molar-refractivity contribution in [3.63, 3.8) is 0 Å². The molecule has 0 aromatic rings. The summed E-state index contributed by atoms with van der Waals surface area (Å²) < 4.78 is 0. The Hall–Kier alpha value is -0.0400. The van der Waals surface area contributed by atoms with Gasteiger partial charge >= 0.3 is 0 Å². The zero-order valence-corrected chi connectivity index (χ0v) is 10.0. The molecule has 0 aromatic heterocycles. The summed E-state index contributed by atoms with van der Waals surface area (Å²) in [7, 11) is 0. The van der Waals surface area contributed by atoms with Crippen molar-refractivity contribution in [2.75, 3.05) is 6.54 Å². The lowest BCUT2D eigenvalue weighted by Crippen LogP contribution is -2.34. The fourth-order valence-electron chi connectivity index (χ4n) is 2.46. The van der Waals surface area contributed by atoms with Gasteiger partial charge in [0.25, 0.3) is 0 Å². The zero-order chi connectivity index (χ0) is 10.2. The van der Waals surface area contributed by atoms with E-state index in [0.29, 0.717) is 0 Å². The third kappa shape index (κ3) is 4.45. The van der Waals surface area contributed by atoms with E-state index in [9.17, 15) is 0 Å². The number of nitrogens with one attached hydrogen (secondary N) is 1. The quantitative estimate of drug-likeness (QED) is 0.523. The monoisotopic (exact) mass is 197 g/mol. The van der Waals surface area contributed by atoms with Gasteiger partial charge in [0.05, 0.1) is 0 Å². The summed E-state index contributed by atoms with van der Waals surface area (Å²) in [4.78, 5) is 0. The summed E-state index contributed by atoms with van der Waals surface area (Å²) in [6.07, 6.45) is 11.3. The molecule has 0 bridgehead atoms. The van der Waals surface area contributed by atoms with Crippen LogP contribution in [-0.4, -0.2) is 12.6 Å². The molecule has 1 rings (SSSR count). The largest absolute Gasteiger partial charge is 0.314 e. The van der Waals surface area contributed by atoms with Gasteiger partial charge in [-0.05, 0) is 31.7 Å². The molecule has 0 radical (unpaired) electrons. The Kier molecular flexibility index (Phi) is 6.25. The molecule has 0 heterocycles. The molecule has 1 N–H and O–H groups in total. The first-order valence-electron chi connectivity index (χ1n) is 6.58. The Morgan fingerprint density at radius 3 is 2.64 bits per heavy atom. The van der Waals surface area contributed by atoms with E-state index in [0.717, 1.165) is 12.0 Å². The van der Waals surface area contributed by atoms with Crippen molar-refractivity contribution < 1.29 is 0 Å². The number of unbranched alkanes of at least 4 members (excludes halogenated alkanes) is 2. The zero-order valence-electron chi connectivity index (χ0n) is 10.0. The highest BCUT2D eigenvalue weighted by atomic mass is 14.9. The summed E-state index contributed by atoms with van der Waals surface area (Å²) in [6, 6.07) is 0.814. The Labute approximate surface area is 89.7 Å². The third-order valence-corrected chi connectivity index (χ3v) is 3.55. The maximum atomic E-state index is 3.75. The van der Waals surface area contributed by atoms with Gasteiger partial charge in [0.1, 0.15) is 0 Å². The van der Waals surface area contributed by atoms with Gasteiger partial charge in [-0.25, -0.2) is 0 Å². The molecule has 84 valence electrons. The Morgan fingerprint density at radius 1 is 1.07 bits per heavy atom. The van der Waals surface area contributed by atoms with E-state index in [1.807, 2.05) is 0 Å². The van der Waals surface area contributed by atoms with Crippen LogP contribution >= 0.6 is 0 Å². The highest BCUT2D eigenvalue weighted by Gasteiger charge is 2.18. The highest BCUT2D eigenvalue weighted by Crippen LogP contribution is 2.22. The van der Waals surface area contributed by atoms with Gasteiger partial charge in [-0.2, -0.15) is 0 Å². The molecule has 1 fully saturated rings. The topological polar surface area (TPSA) is 12.0 Å². The van der Waals surface area contributed by atoms with Crippen LogP contribution in [0.5, 0.6) is 0 Å². The second-order valence-electron chi connectivity index (χ2n) is 4.88. The summed E-state index contributed by atoms with van der Waals surface area (Å²) in [6.45, 7) is 5.93. The predicted molar refractivity (Wildman–Crippen MR) is 63.6 cm³/mol. The predicted octanol–water partition coefficient (Wildman–Crippen LogP) is 3.74. The van der Waals surface area contributed by atoms with Crippen molar-refractivity contribution in [3.05, 3.63) is 0 Å². The normalized spacial score (nSPS) is 28.7. The standard InChI is InChI=1S/C13H27N/c1-3-4-8-11-14-13-10-7-5-6-9-12(13)2/h12-14H,3-11H2,1-2H3. The van der Waals surface area contributed by atoms with Crippen LogP contribution in [0.25, 0.3) is 0 Å². The van der Waals surface area contributed by atoms with Crippen molar-refractivity contribution in [2.45, 2.75) is 71.3 Å². The molecule has 14 heavy (non-hydrogen) atoms. The van der Waals surface area contributed by atoms with Crippen LogP contribution < -0.4 is 5.32 Å². The maximum absolute atomic E-state index is 3.75. The fraction of sp³-hybridized carbons (Fsp3) is 1.00. The average molecular weight is 197 g/mol. The van der Waals surface area contributed by atoms with Crippen LogP contribution in [0.4, 0.5) is 0 Å². The molecular weight excluding hydrogens is 170 g/mol. The van der Waals surface area contributed by atoms with Crippen LogP contribution in [0.2, 0.25) is 0 Å². The SMILES string of the molecule is CCCCCNC1CCCCCC1C. The molecule has 1 heteroatoms. The van der Waals surface area contributed by atoms with Gasteiger partial charge in [0.15, 0.2) is 0 Å². The van der Waals surface area contributed by atoms with Crippen molar-refractivity contribution >= 4 is 0 Å². The third-order valence-electron chi connectivity index (χ3n) is 3.55. The molecule has 2 atom stereocenters.